The summed E-state index contributed by atoms with van der Waals surface area (Å²) in [5.74, 6) is 0.747. The summed E-state index contributed by atoms with van der Waals surface area (Å²) in [5, 5.41) is 13.7. The highest BCUT2D eigenvalue weighted by Gasteiger charge is 2.12. The van der Waals surface area contributed by atoms with E-state index in [2.05, 4.69) is 17.4 Å². The van der Waals surface area contributed by atoms with E-state index in [1.807, 2.05) is 48.5 Å². The van der Waals surface area contributed by atoms with Crippen molar-refractivity contribution in [1.82, 2.24) is 5.32 Å². The maximum Gasteiger partial charge on any atom is 0.197 e. The minimum Gasteiger partial charge on any atom is -0.507 e. The third-order valence-corrected chi connectivity index (χ3v) is 4.56. The first-order valence-corrected chi connectivity index (χ1v) is 9.44. The van der Waals surface area contributed by atoms with Gasteiger partial charge in [-0.2, -0.15) is 0 Å². The Bertz CT molecular complexity index is 1150. The van der Waals surface area contributed by atoms with E-state index >= 15 is 0 Å². The lowest BCUT2D eigenvalue weighted by molar-refractivity contribution is 0.312. The van der Waals surface area contributed by atoms with Gasteiger partial charge in [0, 0.05) is 36.9 Å². The smallest absolute Gasteiger partial charge is 0.197 e. The van der Waals surface area contributed by atoms with Crippen LogP contribution in [-0.2, 0) is 6.54 Å². The van der Waals surface area contributed by atoms with Gasteiger partial charge in [-0.05, 0) is 5.56 Å². The Labute approximate surface area is 168 Å². The molecule has 1 aromatic heterocycles. The van der Waals surface area contributed by atoms with E-state index in [-0.39, 0.29) is 16.6 Å². The second kappa shape index (κ2) is 8.63. The topological polar surface area (TPSA) is 71.7 Å². The van der Waals surface area contributed by atoms with Gasteiger partial charge in [0.05, 0.1) is 0 Å². The average Bonchev–Trinajstić information content (AvgIpc) is 2.74. The van der Waals surface area contributed by atoms with Crippen LogP contribution < -0.4 is 15.5 Å². The molecule has 4 aromatic rings. The van der Waals surface area contributed by atoms with Gasteiger partial charge in [0.15, 0.2) is 5.43 Å². The molecular formula is C24H21NO4. The number of phenolic OH excluding ortho intramolecular Hbond substituents is 1. The van der Waals surface area contributed by atoms with E-state index in [9.17, 15) is 9.90 Å². The van der Waals surface area contributed by atoms with Gasteiger partial charge in [-0.15, -0.1) is 0 Å². The fourth-order valence-corrected chi connectivity index (χ4v) is 3.14. The van der Waals surface area contributed by atoms with Crippen molar-refractivity contribution in [2.24, 2.45) is 0 Å². The van der Waals surface area contributed by atoms with Crippen LogP contribution in [0.5, 0.6) is 11.5 Å². The molecule has 5 nitrogen and oxygen atoms in total. The van der Waals surface area contributed by atoms with E-state index in [0.29, 0.717) is 30.2 Å². The molecule has 0 spiro atoms. The monoisotopic (exact) mass is 387 g/mol. The van der Waals surface area contributed by atoms with Crippen molar-refractivity contribution in [2.75, 3.05) is 13.2 Å². The first kappa shape index (κ1) is 18.8. The molecule has 0 amide bonds. The number of aromatic hydroxyl groups is 1. The average molecular weight is 387 g/mol. The fraction of sp³-hybridized carbons (Fsp3) is 0.125. The van der Waals surface area contributed by atoms with Crippen molar-refractivity contribution >= 4 is 11.0 Å². The molecule has 0 saturated carbocycles. The summed E-state index contributed by atoms with van der Waals surface area (Å²) in [6.07, 6.45) is 0. The first-order valence-electron chi connectivity index (χ1n) is 9.44. The van der Waals surface area contributed by atoms with Crippen molar-refractivity contribution in [3.05, 3.63) is 94.6 Å². The molecule has 0 atom stereocenters. The quantitative estimate of drug-likeness (QED) is 0.462. The van der Waals surface area contributed by atoms with E-state index in [0.717, 1.165) is 12.1 Å². The fourth-order valence-electron chi connectivity index (χ4n) is 3.14. The van der Waals surface area contributed by atoms with Crippen LogP contribution in [0.3, 0.4) is 0 Å². The molecule has 1 heterocycles. The zero-order chi connectivity index (χ0) is 20.1. The van der Waals surface area contributed by atoms with Gasteiger partial charge in [-0.25, -0.2) is 0 Å². The van der Waals surface area contributed by atoms with Crippen LogP contribution in [0.15, 0.2) is 88.1 Å². The van der Waals surface area contributed by atoms with Crippen LogP contribution >= 0.6 is 0 Å². The van der Waals surface area contributed by atoms with Crippen LogP contribution in [0.1, 0.15) is 5.56 Å². The molecule has 29 heavy (non-hydrogen) atoms. The molecule has 3 aromatic carbocycles. The number of benzene rings is 3. The van der Waals surface area contributed by atoms with E-state index in [1.54, 1.807) is 6.07 Å². The summed E-state index contributed by atoms with van der Waals surface area (Å²) in [4.78, 5) is 12.5. The maximum atomic E-state index is 12.5. The third-order valence-electron chi connectivity index (χ3n) is 4.56. The minimum atomic E-state index is -0.293. The largest absolute Gasteiger partial charge is 0.507 e. The van der Waals surface area contributed by atoms with E-state index < -0.39 is 0 Å². The molecule has 0 aliphatic rings. The van der Waals surface area contributed by atoms with Crippen LogP contribution in [0.4, 0.5) is 0 Å². The van der Waals surface area contributed by atoms with Crippen LogP contribution in [0, 0.1) is 0 Å². The Morgan fingerprint density at radius 2 is 1.66 bits per heavy atom. The summed E-state index contributed by atoms with van der Waals surface area (Å²) in [7, 11) is 0. The SMILES string of the molecule is O=c1cc(-c2ccccc2)oc2cc(OCCNCc3ccccc3)cc(O)c12. The first-order chi connectivity index (χ1) is 14.2. The Kier molecular flexibility index (Phi) is 5.59. The number of fused-ring (bicyclic) bond motifs is 1. The van der Waals surface area contributed by atoms with Gasteiger partial charge in [0.1, 0.15) is 34.8 Å². The summed E-state index contributed by atoms with van der Waals surface area (Å²) >= 11 is 0. The molecule has 4 rings (SSSR count). The summed E-state index contributed by atoms with van der Waals surface area (Å²) in [6.45, 7) is 1.81. The van der Waals surface area contributed by atoms with Crippen LogP contribution in [-0.4, -0.2) is 18.3 Å². The van der Waals surface area contributed by atoms with Crippen LogP contribution in [0.2, 0.25) is 0 Å². The predicted molar refractivity (Wildman–Crippen MR) is 113 cm³/mol. The molecule has 0 unspecified atom stereocenters. The second-order valence-electron chi connectivity index (χ2n) is 6.67. The molecule has 0 fully saturated rings. The van der Waals surface area contributed by atoms with Crippen molar-refractivity contribution in [2.45, 2.75) is 6.54 Å². The maximum absolute atomic E-state index is 12.5. The molecular weight excluding hydrogens is 366 g/mol. The lowest BCUT2D eigenvalue weighted by Gasteiger charge is -2.10. The molecule has 0 radical (unpaired) electrons. The normalized spacial score (nSPS) is 10.9. The van der Waals surface area contributed by atoms with Gasteiger partial charge >= 0.3 is 0 Å². The summed E-state index contributed by atoms with van der Waals surface area (Å²) < 4.78 is 11.6. The van der Waals surface area contributed by atoms with Gasteiger partial charge in [-0.1, -0.05) is 60.7 Å². The zero-order valence-corrected chi connectivity index (χ0v) is 15.8. The highest BCUT2D eigenvalue weighted by atomic mass is 16.5. The zero-order valence-electron chi connectivity index (χ0n) is 15.8. The molecule has 0 aliphatic heterocycles. The Morgan fingerprint density at radius 1 is 0.931 bits per heavy atom. The number of phenols is 1. The number of hydrogen-bond donors (Lipinski definition) is 2. The van der Waals surface area contributed by atoms with Gasteiger partial charge < -0.3 is 19.6 Å². The molecule has 0 aliphatic carbocycles. The molecule has 0 saturated heterocycles. The Hall–Kier alpha value is -3.57. The van der Waals surface area contributed by atoms with Crippen LogP contribution in [0.25, 0.3) is 22.3 Å². The van der Waals surface area contributed by atoms with Crippen molar-refractivity contribution in [1.29, 1.82) is 0 Å². The number of hydrogen-bond acceptors (Lipinski definition) is 5. The van der Waals surface area contributed by atoms with Gasteiger partial charge in [0.2, 0.25) is 0 Å². The molecule has 146 valence electrons. The van der Waals surface area contributed by atoms with Gasteiger partial charge in [0.25, 0.3) is 0 Å². The van der Waals surface area contributed by atoms with E-state index in [4.69, 9.17) is 9.15 Å². The van der Waals surface area contributed by atoms with Crippen molar-refractivity contribution in [3.8, 4) is 22.8 Å². The molecule has 0 bridgehead atoms. The highest BCUT2D eigenvalue weighted by Crippen LogP contribution is 2.31. The van der Waals surface area contributed by atoms with Crippen molar-refractivity contribution in [3.63, 3.8) is 0 Å². The van der Waals surface area contributed by atoms with E-state index in [1.165, 1.54) is 17.7 Å². The third kappa shape index (κ3) is 4.47. The molecule has 2 N–H and O–H groups in total. The van der Waals surface area contributed by atoms with Crippen molar-refractivity contribution < 1.29 is 14.3 Å². The molecule has 5 heteroatoms. The summed E-state index contributed by atoms with van der Waals surface area (Å²) in [5.41, 5.74) is 2.00. The standard InChI is InChI=1S/C24H21NO4/c26-20-13-19(28-12-11-25-16-17-7-3-1-4-8-17)14-23-24(20)21(27)15-22(29-23)18-9-5-2-6-10-18/h1-10,13-15,25-26H,11-12,16H2. The Morgan fingerprint density at radius 3 is 2.41 bits per heavy atom. The second-order valence-corrected chi connectivity index (χ2v) is 6.67. The lowest BCUT2D eigenvalue weighted by Crippen LogP contribution is -2.20. The number of nitrogens with one attached hydrogen (secondary N) is 1. The minimum absolute atomic E-state index is 0.150. The predicted octanol–water partition coefficient (Wildman–Crippen LogP) is 4.33. The highest BCUT2D eigenvalue weighted by molar-refractivity contribution is 5.86. The Balaban J connectivity index is 1.48. The number of ether oxygens (including phenoxy) is 1. The lowest BCUT2D eigenvalue weighted by atomic mass is 10.1. The number of rotatable bonds is 7. The van der Waals surface area contributed by atoms with Gasteiger partial charge in [-0.3, -0.25) is 4.79 Å². The summed E-state index contributed by atoms with van der Waals surface area (Å²) in [6, 6.07) is 24.0.